The average molecular weight is 261 g/mol. The Labute approximate surface area is 111 Å². The second kappa shape index (κ2) is 4.65. The fourth-order valence-electron chi connectivity index (χ4n) is 2.74. The molecule has 1 aliphatic rings. The summed E-state index contributed by atoms with van der Waals surface area (Å²) in [6, 6.07) is 0.572. The van der Waals surface area contributed by atoms with E-state index >= 15 is 0 Å². The Morgan fingerprint density at radius 2 is 2.37 bits per heavy atom. The topological polar surface area (TPSA) is 87.0 Å². The van der Waals surface area contributed by atoms with Crippen molar-refractivity contribution in [2.75, 3.05) is 37.8 Å². The molecule has 3 heterocycles. The van der Waals surface area contributed by atoms with Gasteiger partial charge in [0.05, 0.1) is 11.6 Å². The van der Waals surface area contributed by atoms with Gasteiger partial charge in [-0.25, -0.2) is 0 Å². The zero-order chi connectivity index (χ0) is 13.4. The van der Waals surface area contributed by atoms with Gasteiger partial charge in [-0.2, -0.15) is 15.1 Å². The van der Waals surface area contributed by atoms with Crippen molar-refractivity contribution in [3.8, 4) is 0 Å². The lowest BCUT2D eigenvalue weighted by Gasteiger charge is -2.26. The van der Waals surface area contributed by atoms with E-state index in [1.54, 1.807) is 6.20 Å². The summed E-state index contributed by atoms with van der Waals surface area (Å²) in [7, 11) is 4.22. The van der Waals surface area contributed by atoms with Crippen molar-refractivity contribution in [3.05, 3.63) is 6.20 Å². The van der Waals surface area contributed by atoms with Crippen LogP contribution < -0.4 is 10.6 Å². The van der Waals surface area contributed by atoms with Crippen LogP contribution in [-0.2, 0) is 0 Å². The van der Waals surface area contributed by atoms with Crippen molar-refractivity contribution in [2.24, 2.45) is 0 Å². The number of H-pyrrole nitrogens is 1. The van der Waals surface area contributed by atoms with Crippen LogP contribution in [0.5, 0.6) is 0 Å². The second-order valence-corrected chi connectivity index (χ2v) is 5.19. The number of fused-ring (bicyclic) bond motifs is 1. The number of nitrogens with two attached hydrogens (primary N) is 1. The number of likely N-dealkylation sites (N-methyl/N-ethyl adjacent to an activating group) is 2. The molecule has 2 aromatic heterocycles. The van der Waals surface area contributed by atoms with E-state index in [1.807, 2.05) is 7.05 Å². The molecule has 102 valence electrons. The first-order valence-electron chi connectivity index (χ1n) is 6.53. The van der Waals surface area contributed by atoms with Gasteiger partial charge in [0.15, 0.2) is 5.65 Å². The summed E-state index contributed by atoms with van der Waals surface area (Å²) in [4.78, 5) is 13.0. The molecule has 0 aliphatic carbocycles. The van der Waals surface area contributed by atoms with Crippen molar-refractivity contribution in [3.63, 3.8) is 0 Å². The lowest BCUT2D eigenvalue weighted by molar-refractivity contribution is 0.314. The lowest BCUT2D eigenvalue weighted by atomic mass is 10.2. The SMILES string of the molecule is CN(CC1CCCN1C)c1nc(N)nc2[nH]ncc12. The zero-order valence-electron chi connectivity index (χ0n) is 11.3. The summed E-state index contributed by atoms with van der Waals surface area (Å²) in [6.45, 7) is 2.11. The van der Waals surface area contributed by atoms with Crippen LogP contribution in [0.25, 0.3) is 11.0 Å². The average Bonchev–Trinajstić information content (AvgIpc) is 2.98. The molecule has 0 spiro atoms. The summed E-state index contributed by atoms with van der Waals surface area (Å²) in [5, 5.41) is 7.77. The monoisotopic (exact) mass is 261 g/mol. The van der Waals surface area contributed by atoms with Crippen molar-refractivity contribution in [2.45, 2.75) is 18.9 Å². The molecule has 1 unspecified atom stereocenters. The minimum atomic E-state index is 0.276. The number of nitrogen functional groups attached to an aromatic ring is 1. The van der Waals surface area contributed by atoms with Crippen LogP contribution in [0.4, 0.5) is 11.8 Å². The molecule has 0 radical (unpaired) electrons. The van der Waals surface area contributed by atoms with Crippen LogP contribution in [0.15, 0.2) is 6.20 Å². The fourth-order valence-corrected chi connectivity index (χ4v) is 2.74. The van der Waals surface area contributed by atoms with Gasteiger partial charge in [-0.05, 0) is 26.4 Å². The van der Waals surface area contributed by atoms with Crippen LogP contribution in [0, 0.1) is 0 Å². The molecular formula is C12H19N7. The largest absolute Gasteiger partial charge is 0.368 e. The number of nitrogens with zero attached hydrogens (tertiary/aromatic N) is 5. The van der Waals surface area contributed by atoms with Crippen LogP contribution >= 0.6 is 0 Å². The third-order valence-electron chi connectivity index (χ3n) is 3.82. The summed E-state index contributed by atoms with van der Waals surface area (Å²) < 4.78 is 0. The smallest absolute Gasteiger partial charge is 0.224 e. The van der Waals surface area contributed by atoms with Gasteiger partial charge < -0.3 is 15.5 Å². The third kappa shape index (κ3) is 2.21. The van der Waals surface area contributed by atoms with E-state index in [-0.39, 0.29) is 5.95 Å². The molecule has 0 amide bonds. The van der Waals surface area contributed by atoms with E-state index in [1.165, 1.54) is 19.4 Å². The molecule has 0 bridgehead atoms. The second-order valence-electron chi connectivity index (χ2n) is 5.19. The first-order valence-corrected chi connectivity index (χ1v) is 6.53. The molecule has 1 fully saturated rings. The number of aromatic nitrogens is 4. The number of aromatic amines is 1. The maximum absolute atomic E-state index is 5.75. The highest BCUT2D eigenvalue weighted by Gasteiger charge is 2.23. The molecular weight excluding hydrogens is 242 g/mol. The molecule has 3 rings (SSSR count). The number of anilines is 2. The Kier molecular flexibility index (Phi) is 2.98. The molecule has 7 nitrogen and oxygen atoms in total. The van der Waals surface area contributed by atoms with Crippen molar-refractivity contribution >= 4 is 22.8 Å². The highest BCUT2D eigenvalue weighted by molar-refractivity contribution is 5.87. The number of likely N-dealkylation sites (tertiary alicyclic amines) is 1. The first-order chi connectivity index (χ1) is 9.15. The van der Waals surface area contributed by atoms with Crippen molar-refractivity contribution in [1.29, 1.82) is 0 Å². The normalized spacial score (nSPS) is 20.2. The number of hydrogen-bond acceptors (Lipinski definition) is 6. The van der Waals surface area contributed by atoms with E-state index in [9.17, 15) is 0 Å². The van der Waals surface area contributed by atoms with Crippen molar-refractivity contribution < 1.29 is 0 Å². The van der Waals surface area contributed by atoms with Gasteiger partial charge in [0.25, 0.3) is 0 Å². The molecule has 0 saturated carbocycles. The van der Waals surface area contributed by atoms with Gasteiger partial charge in [0.1, 0.15) is 5.82 Å². The quantitative estimate of drug-likeness (QED) is 0.835. The molecule has 7 heteroatoms. The van der Waals surface area contributed by atoms with Gasteiger partial charge in [-0.3, -0.25) is 5.10 Å². The van der Waals surface area contributed by atoms with Gasteiger partial charge >= 0.3 is 0 Å². The van der Waals surface area contributed by atoms with Crippen LogP contribution in [0.3, 0.4) is 0 Å². The highest BCUT2D eigenvalue weighted by atomic mass is 15.3. The molecule has 2 aromatic rings. The summed E-state index contributed by atoms with van der Waals surface area (Å²) >= 11 is 0. The Hall–Kier alpha value is -1.89. The number of rotatable bonds is 3. The van der Waals surface area contributed by atoms with E-state index in [4.69, 9.17) is 5.73 Å². The number of nitrogens with one attached hydrogen (secondary N) is 1. The highest BCUT2D eigenvalue weighted by Crippen LogP contribution is 2.24. The van der Waals surface area contributed by atoms with Gasteiger partial charge in [-0.1, -0.05) is 0 Å². The summed E-state index contributed by atoms with van der Waals surface area (Å²) in [5.41, 5.74) is 6.44. The van der Waals surface area contributed by atoms with E-state index in [0.29, 0.717) is 11.7 Å². The van der Waals surface area contributed by atoms with E-state index in [2.05, 4.69) is 37.0 Å². The van der Waals surface area contributed by atoms with Gasteiger partial charge in [0, 0.05) is 19.6 Å². The predicted molar refractivity (Wildman–Crippen MR) is 75.0 cm³/mol. The van der Waals surface area contributed by atoms with Gasteiger partial charge in [-0.15, -0.1) is 0 Å². The van der Waals surface area contributed by atoms with Crippen LogP contribution in [0.2, 0.25) is 0 Å². The molecule has 3 N–H and O–H groups in total. The molecule has 1 saturated heterocycles. The Morgan fingerprint density at radius 1 is 1.53 bits per heavy atom. The molecule has 19 heavy (non-hydrogen) atoms. The Bertz CT molecular complexity index is 578. The predicted octanol–water partition coefficient (Wildman–Crippen LogP) is 0.465. The maximum Gasteiger partial charge on any atom is 0.224 e. The lowest BCUT2D eigenvalue weighted by Crippen LogP contribution is -2.37. The minimum Gasteiger partial charge on any atom is -0.368 e. The minimum absolute atomic E-state index is 0.276. The maximum atomic E-state index is 5.75. The number of hydrogen-bond donors (Lipinski definition) is 2. The van der Waals surface area contributed by atoms with E-state index in [0.717, 1.165) is 17.7 Å². The van der Waals surface area contributed by atoms with E-state index < -0.39 is 0 Å². The standard InChI is InChI=1S/C12H19N7/c1-18-5-3-4-8(18)7-19(2)11-9-6-14-17-10(9)15-12(13)16-11/h6,8H,3-5,7H2,1-2H3,(H3,13,14,15,16,17). The molecule has 1 aliphatic heterocycles. The summed E-state index contributed by atoms with van der Waals surface area (Å²) in [6.07, 6.45) is 4.25. The van der Waals surface area contributed by atoms with Crippen LogP contribution in [-0.4, -0.2) is 58.3 Å². The van der Waals surface area contributed by atoms with Gasteiger partial charge in [0.2, 0.25) is 5.95 Å². The first kappa shape index (κ1) is 12.2. The molecule has 0 aromatic carbocycles. The van der Waals surface area contributed by atoms with Crippen LogP contribution in [0.1, 0.15) is 12.8 Å². The zero-order valence-corrected chi connectivity index (χ0v) is 11.3. The molecule has 1 atom stereocenters. The fraction of sp³-hybridized carbons (Fsp3) is 0.583. The third-order valence-corrected chi connectivity index (χ3v) is 3.82. The summed E-state index contributed by atoms with van der Waals surface area (Å²) in [5.74, 6) is 1.12. The Balaban J connectivity index is 1.88. The Morgan fingerprint density at radius 3 is 3.11 bits per heavy atom. The van der Waals surface area contributed by atoms with Crippen molar-refractivity contribution in [1.82, 2.24) is 25.1 Å².